The van der Waals surface area contributed by atoms with Crippen molar-refractivity contribution >= 4 is 0 Å². The zero-order valence-electron chi connectivity index (χ0n) is 3.07. The Morgan fingerprint density at radius 1 is 0.714 bits per heavy atom. The molecule has 0 saturated heterocycles. The standard InChI is InChI=1S/La.5O.Ta. The summed E-state index contributed by atoms with van der Waals surface area (Å²) in [4.78, 5) is 0. The predicted octanol–water partition coefficient (Wildman–Crippen LogP) is -0.597. The average molecular weight is 400 g/mol. The van der Waals surface area contributed by atoms with Crippen molar-refractivity contribution in [3.63, 3.8) is 0 Å². The van der Waals surface area contributed by atoms with Crippen molar-refractivity contribution in [2.24, 2.45) is 0 Å². The zero-order chi connectivity index (χ0) is 5.45. The first-order valence-corrected chi connectivity index (χ1v) is 7.47. The molecule has 0 fully saturated rings. The molecule has 0 aromatic carbocycles. The average Bonchev–Trinajstić information content (AvgIpc) is 0.650. The van der Waals surface area contributed by atoms with E-state index in [4.69, 9.17) is 16.3 Å². The SMILES string of the molecule is [La].[O]=[Ta](=[O])(=[O])(=[O])=[O]. The molecule has 0 bridgehead atoms. The third-order valence-electron chi connectivity index (χ3n) is 0. The van der Waals surface area contributed by atoms with Crippen LogP contribution < -0.4 is 0 Å². The second kappa shape index (κ2) is 2.04. The normalized spacial score (nSPS) is 8.57. The molecule has 38 valence electrons. The van der Waals surface area contributed by atoms with Gasteiger partial charge in [-0.3, -0.25) is 0 Å². The summed E-state index contributed by atoms with van der Waals surface area (Å²) in [6.45, 7) is 0. The molecule has 0 amide bonds. The van der Waals surface area contributed by atoms with Crippen LogP contribution in [0.4, 0.5) is 0 Å². The number of hydrogen-bond donors (Lipinski definition) is 0. The van der Waals surface area contributed by atoms with Crippen LogP contribution in [-0.4, -0.2) is 0 Å². The van der Waals surface area contributed by atoms with Crippen LogP contribution in [0, 0.1) is 35.6 Å². The molecule has 0 atom stereocenters. The molecule has 0 heterocycles. The van der Waals surface area contributed by atoms with Crippen LogP contribution in [0.3, 0.4) is 0 Å². The van der Waals surface area contributed by atoms with E-state index in [1.807, 2.05) is 0 Å². The Hall–Kier alpha value is 0.935. The molecule has 0 N–H and O–H groups in total. The molecule has 0 aromatic rings. The summed E-state index contributed by atoms with van der Waals surface area (Å²) in [5, 5.41) is 0. The molecule has 5 nitrogen and oxygen atoms in total. The minimum atomic E-state index is -8.05. The summed E-state index contributed by atoms with van der Waals surface area (Å²) in [5.74, 6) is 0. The Morgan fingerprint density at radius 3 is 0.714 bits per heavy atom. The Balaban J connectivity index is 0. The Bertz CT molecular complexity index is 278. The quantitative estimate of drug-likeness (QED) is 0.543. The van der Waals surface area contributed by atoms with Gasteiger partial charge in [0.25, 0.3) is 0 Å². The maximum atomic E-state index is 8.67. The van der Waals surface area contributed by atoms with Gasteiger partial charge >= 0.3 is 31.9 Å². The predicted molar refractivity (Wildman–Crippen MR) is 3.43 cm³/mol. The molecule has 0 unspecified atom stereocenters. The third-order valence-corrected chi connectivity index (χ3v) is 0. The van der Waals surface area contributed by atoms with Crippen LogP contribution in [0.15, 0.2) is 0 Å². The maximum absolute atomic E-state index is 8.67. The summed E-state index contributed by atoms with van der Waals surface area (Å²) in [5.41, 5.74) is 0. The van der Waals surface area contributed by atoms with E-state index >= 15 is 0 Å². The van der Waals surface area contributed by atoms with Crippen LogP contribution in [0.1, 0.15) is 0 Å². The molecule has 0 aliphatic heterocycles. The third kappa shape index (κ3) is 193. The van der Waals surface area contributed by atoms with Crippen LogP contribution in [0.5, 0.6) is 0 Å². The molecule has 0 saturated carbocycles. The van der Waals surface area contributed by atoms with E-state index in [1.54, 1.807) is 0 Å². The molecule has 1 radical (unpaired) electrons. The summed E-state index contributed by atoms with van der Waals surface area (Å²) in [6.07, 6.45) is 0. The van der Waals surface area contributed by atoms with Gasteiger partial charge in [0.2, 0.25) is 0 Å². The summed E-state index contributed by atoms with van der Waals surface area (Å²) < 4.78 is 43.4. The van der Waals surface area contributed by atoms with Gasteiger partial charge in [-0.15, -0.1) is 0 Å². The first kappa shape index (κ1) is 10.8. The van der Waals surface area contributed by atoms with E-state index in [0.29, 0.717) is 0 Å². The monoisotopic (exact) mass is 400 g/mol. The molecule has 0 rings (SSSR count). The first-order chi connectivity index (χ1) is 2.24. The van der Waals surface area contributed by atoms with Gasteiger partial charge in [-0.25, -0.2) is 0 Å². The van der Waals surface area contributed by atoms with E-state index < -0.39 is 15.7 Å². The van der Waals surface area contributed by atoms with Crippen LogP contribution in [0.2, 0.25) is 0 Å². The summed E-state index contributed by atoms with van der Waals surface area (Å²) >= 11 is -8.05. The minimum absolute atomic E-state index is 0. The first-order valence-electron chi connectivity index (χ1n) is 0.913. The molecular formula is LaO5Ta. The van der Waals surface area contributed by atoms with E-state index in [2.05, 4.69) is 0 Å². The van der Waals surface area contributed by atoms with Crippen molar-refractivity contribution in [1.82, 2.24) is 0 Å². The van der Waals surface area contributed by atoms with Gasteiger partial charge in [0.15, 0.2) is 0 Å². The van der Waals surface area contributed by atoms with Crippen molar-refractivity contribution in [3.05, 3.63) is 0 Å². The molecule has 0 aromatic heterocycles. The summed E-state index contributed by atoms with van der Waals surface area (Å²) in [6, 6.07) is 0. The van der Waals surface area contributed by atoms with Gasteiger partial charge in [-0.2, -0.15) is 0 Å². The van der Waals surface area contributed by atoms with E-state index in [1.165, 1.54) is 0 Å². The number of rotatable bonds is 0. The van der Waals surface area contributed by atoms with Gasteiger partial charge < -0.3 is 0 Å². The fraction of sp³-hybridized carbons (Fsp3) is 0. The second-order valence-corrected chi connectivity index (χ2v) is 6.10. The van der Waals surface area contributed by atoms with Gasteiger partial charge in [0, 0.05) is 35.6 Å². The van der Waals surface area contributed by atoms with Crippen molar-refractivity contribution in [1.29, 1.82) is 0 Å². The van der Waals surface area contributed by atoms with E-state index in [9.17, 15) is 0 Å². The molecule has 0 spiro atoms. The molecular weight excluding hydrogens is 400 g/mol. The summed E-state index contributed by atoms with van der Waals surface area (Å²) in [7, 11) is 0. The zero-order valence-corrected chi connectivity index (χ0v) is 9.91. The molecule has 7 heavy (non-hydrogen) atoms. The van der Waals surface area contributed by atoms with Crippen molar-refractivity contribution in [2.75, 3.05) is 0 Å². The number of hydrogen-bond acceptors (Lipinski definition) is 5. The molecule has 0 aliphatic rings. The van der Waals surface area contributed by atoms with Gasteiger partial charge in [0.1, 0.15) is 0 Å². The second-order valence-electron chi connectivity index (χ2n) is 0.745. The Labute approximate surface area is 66.7 Å². The van der Waals surface area contributed by atoms with Crippen LogP contribution >= 0.6 is 0 Å². The van der Waals surface area contributed by atoms with Crippen molar-refractivity contribution < 1.29 is 67.5 Å². The topological polar surface area (TPSA) is 85.3 Å². The van der Waals surface area contributed by atoms with Gasteiger partial charge in [-0.05, 0) is 0 Å². The van der Waals surface area contributed by atoms with Gasteiger partial charge in [0.05, 0.1) is 0 Å². The Kier molecular flexibility index (Phi) is 3.16. The molecule has 7 heteroatoms. The molecule has 0 aliphatic carbocycles. The van der Waals surface area contributed by atoms with Crippen LogP contribution in [0.25, 0.3) is 0 Å². The van der Waals surface area contributed by atoms with E-state index in [0.717, 1.165) is 0 Å². The van der Waals surface area contributed by atoms with Gasteiger partial charge in [-0.1, -0.05) is 0 Å². The van der Waals surface area contributed by atoms with Crippen LogP contribution in [-0.2, 0) is 31.9 Å². The fourth-order valence-corrected chi connectivity index (χ4v) is 0. The van der Waals surface area contributed by atoms with Crippen molar-refractivity contribution in [2.45, 2.75) is 0 Å². The van der Waals surface area contributed by atoms with E-state index in [-0.39, 0.29) is 35.6 Å². The van der Waals surface area contributed by atoms with Crippen molar-refractivity contribution in [3.8, 4) is 0 Å². The Morgan fingerprint density at radius 2 is 0.714 bits per heavy atom. The fourth-order valence-electron chi connectivity index (χ4n) is 0.